The van der Waals surface area contributed by atoms with Crippen molar-refractivity contribution >= 4 is 5.91 Å². The highest BCUT2D eigenvalue weighted by Crippen LogP contribution is 1.90. The van der Waals surface area contributed by atoms with Gasteiger partial charge in [0.05, 0.1) is 6.20 Å². The van der Waals surface area contributed by atoms with Gasteiger partial charge in [0.2, 0.25) is 0 Å². The zero-order chi connectivity index (χ0) is 4.41. The lowest BCUT2D eigenvalue weighted by atomic mass is 10.6. The van der Waals surface area contributed by atoms with Crippen molar-refractivity contribution in [3.8, 4) is 0 Å². The van der Waals surface area contributed by atoms with Crippen LogP contribution in [0, 0.1) is 7.43 Å². The lowest BCUT2D eigenvalue weighted by molar-refractivity contribution is -0.113. The van der Waals surface area contributed by atoms with E-state index >= 15 is 0 Å². The molecule has 0 unspecified atom stereocenters. The van der Waals surface area contributed by atoms with E-state index in [4.69, 9.17) is 0 Å². The van der Waals surface area contributed by atoms with E-state index in [2.05, 4.69) is 10.2 Å². The van der Waals surface area contributed by atoms with Gasteiger partial charge in [0, 0.05) is 13.5 Å². The molecular weight excluding hydrogens is 92.1 g/mol. The lowest BCUT2D eigenvalue weighted by Crippen LogP contribution is -1.74. The summed E-state index contributed by atoms with van der Waals surface area (Å²) in [5.41, 5.74) is 0. The van der Waals surface area contributed by atoms with Gasteiger partial charge in [0.15, 0.2) is 0 Å². The van der Waals surface area contributed by atoms with Gasteiger partial charge in [-0.1, -0.05) is 0 Å². The summed E-state index contributed by atoms with van der Waals surface area (Å²) in [6.45, 7) is 0. The largest absolute Gasteiger partial charge is 0.289 e. The van der Waals surface area contributed by atoms with Crippen molar-refractivity contribution in [3.63, 3.8) is 0 Å². The summed E-state index contributed by atoms with van der Waals surface area (Å²) >= 11 is 0. The number of rotatable bonds is 0. The standard InChI is InChI=1S/C3H2N2O.C/c6-3-1-2-4-5-3;/h1-2H;. The fourth-order valence-corrected chi connectivity index (χ4v) is 0.221. The number of carbonyl (C=O) groups is 1. The van der Waals surface area contributed by atoms with Crippen molar-refractivity contribution in [2.75, 3.05) is 0 Å². The lowest BCUT2D eigenvalue weighted by Gasteiger charge is -1.59. The first-order valence-corrected chi connectivity index (χ1v) is 1.51. The molecule has 1 aliphatic rings. The van der Waals surface area contributed by atoms with Gasteiger partial charge < -0.3 is 0 Å². The number of nitrogens with zero attached hydrogens (tertiary/aromatic N) is 2. The molecule has 3 heteroatoms. The number of carbonyl (C=O) groups excluding carboxylic acids is 1. The Morgan fingerprint density at radius 1 is 1.57 bits per heavy atom. The molecule has 0 bridgehead atoms. The van der Waals surface area contributed by atoms with Crippen LogP contribution in [0.15, 0.2) is 22.5 Å². The van der Waals surface area contributed by atoms with Crippen molar-refractivity contribution in [1.29, 1.82) is 0 Å². The third-order valence-corrected chi connectivity index (χ3v) is 0.440. The van der Waals surface area contributed by atoms with Gasteiger partial charge in [0.1, 0.15) is 0 Å². The zero-order valence-corrected chi connectivity index (χ0v) is 3.46. The summed E-state index contributed by atoms with van der Waals surface area (Å²) in [6, 6.07) is 0. The third kappa shape index (κ3) is 1.26. The Bertz CT molecular complexity index is 112. The molecule has 0 atom stereocenters. The maximum absolute atomic E-state index is 9.90. The van der Waals surface area contributed by atoms with Gasteiger partial charge in [-0.3, -0.25) is 4.79 Å². The molecule has 1 rings (SSSR count). The Morgan fingerprint density at radius 2 is 2.29 bits per heavy atom. The van der Waals surface area contributed by atoms with Crippen LogP contribution >= 0.6 is 0 Å². The van der Waals surface area contributed by atoms with Gasteiger partial charge >= 0.3 is 0 Å². The van der Waals surface area contributed by atoms with Gasteiger partial charge in [0.25, 0.3) is 5.91 Å². The topological polar surface area (TPSA) is 41.8 Å². The second-order valence-electron chi connectivity index (χ2n) is 0.869. The van der Waals surface area contributed by atoms with E-state index in [1.54, 1.807) is 0 Å². The number of hydrogen-bond donors (Lipinski definition) is 0. The minimum atomic E-state index is -0.269. The quantitative estimate of drug-likeness (QED) is 0.432. The zero-order valence-electron chi connectivity index (χ0n) is 3.46. The molecule has 1 heterocycles. The van der Waals surface area contributed by atoms with Crippen LogP contribution in [0.2, 0.25) is 0 Å². The van der Waals surface area contributed by atoms with E-state index in [0.29, 0.717) is 0 Å². The Morgan fingerprint density at radius 3 is 2.43 bits per heavy atom. The smallest absolute Gasteiger partial charge is 0.266 e. The Kier molecular flexibility index (Phi) is 1.91. The summed E-state index contributed by atoms with van der Waals surface area (Å²) in [4.78, 5) is 9.90. The molecule has 0 aliphatic carbocycles. The number of amides is 1. The molecule has 0 saturated heterocycles. The second-order valence-corrected chi connectivity index (χ2v) is 0.869. The summed E-state index contributed by atoms with van der Waals surface area (Å²) in [6.07, 6.45) is 2.67. The molecule has 1 amide bonds. The Labute approximate surface area is 41.8 Å². The van der Waals surface area contributed by atoms with Gasteiger partial charge in [-0.25, -0.2) is 0 Å². The summed E-state index contributed by atoms with van der Waals surface area (Å²) < 4.78 is 0. The van der Waals surface area contributed by atoms with Crippen LogP contribution in [0.4, 0.5) is 0 Å². The van der Waals surface area contributed by atoms with Crippen molar-refractivity contribution in [2.45, 2.75) is 0 Å². The van der Waals surface area contributed by atoms with E-state index < -0.39 is 0 Å². The van der Waals surface area contributed by atoms with Crippen LogP contribution in [-0.2, 0) is 4.79 Å². The molecule has 3 nitrogen and oxygen atoms in total. The fraction of sp³-hybridized carbons (Fsp3) is 0. The molecule has 0 saturated carbocycles. The normalized spacial score (nSPS) is 14.6. The first kappa shape index (κ1) is 6.01. The van der Waals surface area contributed by atoms with E-state index in [9.17, 15) is 4.79 Å². The van der Waals surface area contributed by atoms with E-state index in [0.717, 1.165) is 0 Å². The van der Waals surface area contributed by atoms with Crippen LogP contribution in [0.3, 0.4) is 0 Å². The summed E-state index contributed by atoms with van der Waals surface area (Å²) in [5.74, 6) is -0.269. The van der Waals surface area contributed by atoms with Gasteiger partial charge in [-0.15, -0.1) is 5.11 Å². The first-order chi connectivity index (χ1) is 2.89. The number of hydrogen-bond acceptors (Lipinski definition) is 2. The minimum Gasteiger partial charge on any atom is -0.266 e. The number of azo groups is 1. The van der Waals surface area contributed by atoms with E-state index in [1.807, 2.05) is 0 Å². The molecule has 0 N–H and O–H groups in total. The molecule has 4 radical (unpaired) electrons. The van der Waals surface area contributed by atoms with Crippen molar-refractivity contribution in [3.05, 3.63) is 19.7 Å². The van der Waals surface area contributed by atoms with Crippen molar-refractivity contribution in [2.24, 2.45) is 10.2 Å². The summed E-state index contributed by atoms with van der Waals surface area (Å²) in [7, 11) is 0. The molecule has 0 aromatic heterocycles. The highest BCUT2D eigenvalue weighted by molar-refractivity contribution is 5.89. The van der Waals surface area contributed by atoms with Crippen molar-refractivity contribution in [1.82, 2.24) is 0 Å². The van der Waals surface area contributed by atoms with Crippen LogP contribution in [0.25, 0.3) is 0 Å². The van der Waals surface area contributed by atoms with Crippen LogP contribution in [0.1, 0.15) is 0 Å². The van der Waals surface area contributed by atoms with E-state index in [1.165, 1.54) is 12.3 Å². The fourth-order valence-electron chi connectivity index (χ4n) is 0.221. The maximum Gasteiger partial charge on any atom is 0.289 e. The predicted octanol–water partition coefficient (Wildman–Crippen LogP) is 0.574. The van der Waals surface area contributed by atoms with Crippen LogP contribution in [-0.4, -0.2) is 5.91 Å². The average molecular weight is 94.1 g/mol. The average Bonchev–Trinajstić information content (AvgIpc) is 1.86. The monoisotopic (exact) mass is 94.0 g/mol. The molecule has 0 fully saturated rings. The van der Waals surface area contributed by atoms with Gasteiger partial charge in [-0.2, -0.15) is 5.11 Å². The highest BCUT2D eigenvalue weighted by atomic mass is 16.1. The predicted molar refractivity (Wildman–Crippen MR) is 22.2 cm³/mol. The van der Waals surface area contributed by atoms with Crippen molar-refractivity contribution < 1.29 is 4.79 Å². The molecule has 1 aliphatic heterocycles. The Balaban J connectivity index is 0.000000360. The van der Waals surface area contributed by atoms with Gasteiger partial charge in [-0.05, 0) is 0 Å². The molecular formula is C4H2N2O. The Hall–Kier alpha value is -0.990. The minimum absolute atomic E-state index is 0. The third-order valence-electron chi connectivity index (χ3n) is 0.440. The molecule has 34 valence electrons. The molecule has 0 spiro atoms. The summed E-state index contributed by atoms with van der Waals surface area (Å²) in [5, 5.41) is 6.37. The maximum atomic E-state index is 9.90. The SMILES string of the molecule is O=C1C=CN=N1.[C]. The first-order valence-electron chi connectivity index (χ1n) is 1.51. The molecule has 0 aromatic carbocycles. The second kappa shape index (κ2) is 2.23. The van der Waals surface area contributed by atoms with Crippen LogP contribution in [0.5, 0.6) is 0 Å². The van der Waals surface area contributed by atoms with E-state index in [-0.39, 0.29) is 13.3 Å². The highest BCUT2D eigenvalue weighted by Gasteiger charge is 1.92. The van der Waals surface area contributed by atoms with Crippen LogP contribution < -0.4 is 0 Å². The molecule has 7 heavy (non-hydrogen) atoms. The molecule has 0 aromatic rings.